The van der Waals surface area contributed by atoms with Crippen molar-refractivity contribution < 1.29 is 13.6 Å². The summed E-state index contributed by atoms with van der Waals surface area (Å²) in [5, 5.41) is 0. The third-order valence-corrected chi connectivity index (χ3v) is 9.52. The van der Waals surface area contributed by atoms with Crippen molar-refractivity contribution >= 4 is 20.2 Å². The number of unbranched alkanes of at least 4 members (excludes halogenated alkanes) is 15. The van der Waals surface area contributed by atoms with Crippen molar-refractivity contribution in [3.63, 3.8) is 0 Å². The Bertz CT molecular complexity index is 407. The summed E-state index contributed by atoms with van der Waals surface area (Å²) < 4.78 is 25.0. The second kappa shape index (κ2) is 21.1. The van der Waals surface area contributed by atoms with Gasteiger partial charge in [0.25, 0.3) is 0 Å². The van der Waals surface area contributed by atoms with Crippen molar-refractivity contribution in [1.82, 2.24) is 0 Å². The Labute approximate surface area is 201 Å². The molecule has 0 radical (unpaired) electrons. The van der Waals surface area contributed by atoms with E-state index in [9.17, 15) is 4.57 Å². The molecule has 1 unspecified atom stereocenters. The van der Waals surface area contributed by atoms with Gasteiger partial charge in [-0.2, -0.15) is 12.6 Å². The molecule has 0 heterocycles. The van der Waals surface area contributed by atoms with Crippen LogP contribution in [0.4, 0.5) is 0 Å². The van der Waals surface area contributed by atoms with Gasteiger partial charge in [-0.25, -0.2) is 0 Å². The summed E-state index contributed by atoms with van der Waals surface area (Å²) in [6.45, 7) is 9.71. The molecular weight excluding hydrogens is 423 g/mol. The van der Waals surface area contributed by atoms with Crippen molar-refractivity contribution in [3.05, 3.63) is 0 Å². The second-order valence-corrected chi connectivity index (χ2v) is 13.3. The third kappa shape index (κ3) is 16.7. The predicted molar refractivity (Wildman–Crippen MR) is 142 cm³/mol. The topological polar surface area (TPSA) is 35.5 Å². The van der Waals surface area contributed by atoms with Gasteiger partial charge in [0.1, 0.15) is 4.49 Å². The molecule has 0 aromatic carbocycles. The number of thiol groups is 1. The standard InChI is InChI=1S/C26H55O3PS/c1-5-8-11-14-17-20-23-26(4,31)30(27,28-24-21-18-15-12-9-6-2)29-25-22-19-16-13-10-7-3/h31H,5-25H2,1-4H3. The minimum Gasteiger partial charge on any atom is -0.308 e. The van der Waals surface area contributed by atoms with Crippen LogP contribution in [0.2, 0.25) is 0 Å². The van der Waals surface area contributed by atoms with Gasteiger partial charge in [0.05, 0.1) is 13.2 Å². The van der Waals surface area contributed by atoms with Crippen LogP contribution in [-0.2, 0) is 13.6 Å². The van der Waals surface area contributed by atoms with Gasteiger partial charge >= 0.3 is 7.60 Å². The summed E-state index contributed by atoms with van der Waals surface area (Å²) in [6, 6.07) is 0. The Hall–Kier alpha value is 0.500. The molecule has 0 aromatic heterocycles. The van der Waals surface area contributed by atoms with E-state index in [1.54, 1.807) is 0 Å². The van der Waals surface area contributed by atoms with E-state index >= 15 is 0 Å². The predicted octanol–water partition coefficient (Wildman–Crippen LogP) is 10.3. The highest BCUT2D eigenvalue weighted by molar-refractivity contribution is 7.91. The molecular formula is C26H55O3PS. The number of rotatable bonds is 24. The van der Waals surface area contributed by atoms with Crippen LogP contribution in [0.15, 0.2) is 0 Å². The van der Waals surface area contributed by atoms with Crippen LogP contribution in [-0.4, -0.2) is 17.7 Å². The lowest BCUT2D eigenvalue weighted by molar-refractivity contribution is 0.187. The van der Waals surface area contributed by atoms with Gasteiger partial charge in [-0.3, -0.25) is 4.57 Å². The van der Waals surface area contributed by atoms with Crippen LogP contribution in [0, 0.1) is 0 Å². The Morgan fingerprint density at radius 1 is 0.581 bits per heavy atom. The van der Waals surface area contributed by atoms with Crippen LogP contribution in [0.1, 0.15) is 150 Å². The number of hydrogen-bond donors (Lipinski definition) is 1. The minimum atomic E-state index is -3.24. The normalized spacial score (nSPS) is 14.1. The molecule has 5 heteroatoms. The molecule has 0 aliphatic carbocycles. The van der Waals surface area contributed by atoms with Gasteiger partial charge in [-0.15, -0.1) is 0 Å². The maximum absolute atomic E-state index is 13.8. The van der Waals surface area contributed by atoms with Crippen molar-refractivity contribution in [2.75, 3.05) is 13.2 Å². The van der Waals surface area contributed by atoms with Crippen molar-refractivity contribution in [2.45, 2.75) is 154 Å². The van der Waals surface area contributed by atoms with Crippen molar-refractivity contribution in [3.8, 4) is 0 Å². The van der Waals surface area contributed by atoms with Crippen LogP contribution < -0.4 is 0 Å². The molecule has 0 bridgehead atoms. The summed E-state index contributed by atoms with van der Waals surface area (Å²) in [5.74, 6) is 0. The fourth-order valence-corrected chi connectivity index (χ4v) is 6.13. The zero-order valence-corrected chi connectivity index (χ0v) is 23.3. The maximum atomic E-state index is 13.8. The van der Waals surface area contributed by atoms with Crippen LogP contribution in [0.3, 0.4) is 0 Å². The molecule has 0 amide bonds. The molecule has 1 atom stereocenters. The molecule has 3 nitrogen and oxygen atoms in total. The highest BCUT2D eigenvalue weighted by Gasteiger charge is 2.44. The molecule has 0 spiro atoms. The quantitative estimate of drug-likeness (QED) is 0.0851. The second-order valence-electron chi connectivity index (χ2n) is 9.43. The first kappa shape index (κ1) is 31.5. The highest BCUT2D eigenvalue weighted by atomic mass is 32.1. The first-order chi connectivity index (χ1) is 14.9. The average molecular weight is 479 g/mol. The molecule has 0 aliphatic heterocycles. The monoisotopic (exact) mass is 478 g/mol. The molecule has 31 heavy (non-hydrogen) atoms. The molecule has 0 aromatic rings. The van der Waals surface area contributed by atoms with Gasteiger partial charge in [0.15, 0.2) is 0 Å². The third-order valence-electron chi connectivity index (χ3n) is 6.11. The summed E-state index contributed by atoms with van der Waals surface area (Å²) in [5.41, 5.74) is 0. The van der Waals surface area contributed by atoms with Gasteiger partial charge in [0.2, 0.25) is 0 Å². The lowest BCUT2D eigenvalue weighted by Gasteiger charge is -2.32. The van der Waals surface area contributed by atoms with Crippen molar-refractivity contribution in [1.29, 1.82) is 0 Å². The molecule has 0 saturated carbocycles. The molecule has 0 N–H and O–H groups in total. The Balaban J connectivity index is 4.51. The van der Waals surface area contributed by atoms with Gasteiger partial charge in [0, 0.05) is 0 Å². The van der Waals surface area contributed by atoms with Crippen LogP contribution in [0.5, 0.6) is 0 Å². The Morgan fingerprint density at radius 3 is 1.29 bits per heavy atom. The largest absolute Gasteiger partial charge is 0.346 e. The lowest BCUT2D eigenvalue weighted by atomic mass is 10.1. The molecule has 0 fully saturated rings. The fraction of sp³-hybridized carbons (Fsp3) is 1.00. The first-order valence-corrected chi connectivity index (χ1v) is 15.5. The molecule has 0 saturated heterocycles. The molecule has 0 aliphatic rings. The van der Waals surface area contributed by atoms with E-state index in [4.69, 9.17) is 21.7 Å². The number of hydrogen-bond acceptors (Lipinski definition) is 4. The SMILES string of the molecule is CCCCCCCCOP(=O)(OCCCCCCCC)C(C)(S)CCCCCCCC. The van der Waals surface area contributed by atoms with Crippen LogP contribution in [0.25, 0.3) is 0 Å². The summed E-state index contributed by atoms with van der Waals surface area (Å²) in [6.07, 6.45) is 22.4. The zero-order chi connectivity index (χ0) is 23.3. The van der Waals surface area contributed by atoms with E-state index < -0.39 is 12.1 Å². The highest BCUT2D eigenvalue weighted by Crippen LogP contribution is 2.64. The molecule has 0 rings (SSSR count). The van der Waals surface area contributed by atoms with Gasteiger partial charge in [-0.05, 0) is 26.2 Å². The Morgan fingerprint density at radius 2 is 0.903 bits per heavy atom. The zero-order valence-electron chi connectivity index (χ0n) is 21.5. The average Bonchev–Trinajstić information content (AvgIpc) is 2.74. The van der Waals surface area contributed by atoms with E-state index in [1.807, 2.05) is 6.92 Å². The minimum absolute atomic E-state index is 0.520. The van der Waals surface area contributed by atoms with E-state index in [-0.39, 0.29) is 0 Å². The lowest BCUT2D eigenvalue weighted by Crippen LogP contribution is -2.21. The van der Waals surface area contributed by atoms with E-state index in [1.165, 1.54) is 83.5 Å². The van der Waals surface area contributed by atoms with Gasteiger partial charge in [-0.1, -0.05) is 124 Å². The fourth-order valence-electron chi connectivity index (χ4n) is 3.83. The van der Waals surface area contributed by atoms with E-state index in [2.05, 4.69) is 20.8 Å². The smallest absolute Gasteiger partial charge is 0.308 e. The summed E-state index contributed by atoms with van der Waals surface area (Å²) in [4.78, 5) is 0. The van der Waals surface area contributed by atoms with E-state index in [0.29, 0.717) is 13.2 Å². The maximum Gasteiger partial charge on any atom is 0.346 e. The van der Waals surface area contributed by atoms with Crippen LogP contribution >= 0.6 is 20.2 Å². The Kier molecular flexibility index (Phi) is 21.4. The van der Waals surface area contributed by atoms with Gasteiger partial charge < -0.3 is 9.05 Å². The molecule has 188 valence electrons. The van der Waals surface area contributed by atoms with E-state index in [0.717, 1.165) is 38.5 Å². The summed E-state index contributed by atoms with van der Waals surface area (Å²) >= 11 is 4.84. The summed E-state index contributed by atoms with van der Waals surface area (Å²) in [7, 11) is -3.24. The van der Waals surface area contributed by atoms with Crippen molar-refractivity contribution in [2.24, 2.45) is 0 Å². The first-order valence-electron chi connectivity index (χ1n) is 13.5.